The average Bonchev–Trinajstić information content (AvgIpc) is 3.03. The highest BCUT2D eigenvalue weighted by Gasteiger charge is 2.20. The first-order valence-electron chi connectivity index (χ1n) is 8.52. The van der Waals surface area contributed by atoms with Gasteiger partial charge < -0.3 is 9.84 Å². The van der Waals surface area contributed by atoms with Crippen LogP contribution in [0.5, 0.6) is 5.75 Å². The zero-order valence-electron chi connectivity index (χ0n) is 15.4. The molecule has 0 aliphatic rings. The van der Waals surface area contributed by atoms with E-state index in [-0.39, 0.29) is 11.4 Å². The number of hydrogen-bond donors (Lipinski definition) is 1. The van der Waals surface area contributed by atoms with E-state index in [0.29, 0.717) is 28.4 Å². The topological polar surface area (TPSA) is 64.3 Å². The van der Waals surface area contributed by atoms with E-state index in [4.69, 9.17) is 21.4 Å². The summed E-state index contributed by atoms with van der Waals surface area (Å²) >= 11 is 6.09. The molecule has 1 unspecified atom stereocenters. The van der Waals surface area contributed by atoms with E-state index in [1.165, 1.54) is 16.8 Å². The van der Waals surface area contributed by atoms with Gasteiger partial charge in [0, 0.05) is 28.4 Å². The number of aromatic nitrogens is 2. The molecule has 1 aromatic heterocycles. The second-order valence-corrected chi connectivity index (χ2v) is 6.85. The molecule has 0 aliphatic carbocycles. The van der Waals surface area contributed by atoms with Crippen molar-refractivity contribution in [1.29, 1.82) is 0 Å². The van der Waals surface area contributed by atoms with E-state index < -0.39 is 41.6 Å². The Hall–Kier alpha value is -3.00. The standard InChI is InChI=1S/C20H16ClF3N2O3/c1-10-5-18(20(27)28)25-26(10)11(2)14-6-12(21)3-4-19(14)29-9-15-16(23)7-13(22)8-17(15)24/h3-8,11H,9H2,1-2H3,(H,27,28). The Labute approximate surface area is 169 Å². The summed E-state index contributed by atoms with van der Waals surface area (Å²) in [6.07, 6.45) is 0. The summed E-state index contributed by atoms with van der Waals surface area (Å²) in [6.45, 7) is 2.98. The second-order valence-electron chi connectivity index (χ2n) is 6.42. The van der Waals surface area contributed by atoms with Gasteiger partial charge >= 0.3 is 5.97 Å². The molecule has 29 heavy (non-hydrogen) atoms. The number of aromatic carboxylic acids is 1. The lowest BCUT2D eigenvalue weighted by atomic mass is 10.1. The molecule has 3 rings (SSSR count). The Bertz CT molecular complexity index is 1060. The van der Waals surface area contributed by atoms with E-state index in [1.807, 2.05) is 0 Å². The first-order chi connectivity index (χ1) is 13.7. The monoisotopic (exact) mass is 424 g/mol. The highest BCUT2D eigenvalue weighted by atomic mass is 35.5. The minimum atomic E-state index is -1.16. The predicted molar refractivity (Wildman–Crippen MR) is 99.8 cm³/mol. The molecule has 1 N–H and O–H groups in total. The molecular formula is C20H16ClF3N2O3. The number of ether oxygens (including phenoxy) is 1. The van der Waals surface area contributed by atoms with E-state index in [0.717, 1.165) is 0 Å². The molecule has 1 heterocycles. The quantitative estimate of drug-likeness (QED) is 0.594. The minimum absolute atomic E-state index is 0.116. The van der Waals surface area contributed by atoms with Crippen LogP contribution in [0.3, 0.4) is 0 Å². The summed E-state index contributed by atoms with van der Waals surface area (Å²) < 4.78 is 47.9. The zero-order chi connectivity index (χ0) is 21.3. The zero-order valence-corrected chi connectivity index (χ0v) is 16.2. The molecule has 0 spiro atoms. The summed E-state index contributed by atoms with van der Waals surface area (Å²) in [5, 5.41) is 13.6. The van der Waals surface area contributed by atoms with Crippen LogP contribution in [0, 0.1) is 24.4 Å². The van der Waals surface area contributed by atoms with E-state index >= 15 is 0 Å². The van der Waals surface area contributed by atoms with Crippen molar-refractivity contribution in [2.24, 2.45) is 0 Å². The molecule has 5 nitrogen and oxygen atoms in total. The summed E-state index contributed by atoms with van der Waals surface area (Å²) in [5.41, 5.74) is 0.595. The van der Waals surface area contributed by atoms with E-state index in [2.05, 4.69) is 5.10 Å². The van der Waals surface area contributed by atoms with Crippen molar-refractivity contribution in [3.8, 4) is 5.75 Å². The molecule has 1 atom stereocenters. The lowest BCUT2D eigenvalue weighted by Gasteiger charge is -2.19. The summed E-state index contributed by atoms with van der Waals surface area (Å²) in [7, 11) is 0. The second kappa shape index (κ2) is 8.16. The number of aryl methyl sites for hydroxylation is 1. The highest BCUT2D eigenvalue weighted by Crippen LogP contribution is 2.32. The highest BCUT2D eigenvalue weighted by molar-refractivity contribution is 6.30. The lowest BCUT2D eigenvalue weighted by molar-refractivity contribution is 0.0689. The van der Waals surface area contributed by atoms with Crippen LogP contribution in [0.15, 0.2) is 36.4 Å². The third-order valence-corrected chi connectivity index (χ3v) is 4.64. The normalized spacial score (nSPS) is 12.1. The van der Waals surface area contributed by atoms with Gasteiger partial charge in [-0.25, -0.2) is 18.0 Å². The third-order valence-electron chi connectivity index (χ3n) is 4.41. The van der Waals surface area contributed by atoms with Crippen LogP contribution in [-0.2, 0) is 6.61 Å². The first kappa shape index (κ1) is 20.7. The van der Waals surface area contributed by atoms with Gasteiger partial charge in [-0.1, -0.05) is 11.6 Å². The number of carboxylic acid groups (broad SMARTS) is 1. The fraction of sp³-hybridized carbons (Fsp3) is 0.200. The number of nitrogens with zero attached hydrogens (tertiary/aromatic N) is 2. The largest absolute Gasteiger partial charge is 0.488 e. The molecule has 0 saturated carbocycles. The van der Waals surface area contributed by atoms with Gasteiger partial charge in [0.15, 0.2) is 5.69 Å². The number of rotatable bonds is 6. The predicted octanol–water partition coefficient (Wildman–Crippen LogP) is 5.15. The van der Waals surface area contributed by atoms with Crippen LogP contribution in [0.25, 0.3) is 0 Å². The molecule has 2 aromatic carbocycles. The van der Waals surface area contributed by atoms with Crippen LogP contribution in [0.4, 0.5) is 13.2 Å². The van der Waals surface area contributed by atoms with Crippen molar-refractivity contribution in [1.82, 2.24) is 9.78 Å². The van der Waals surface area contributed by atoms with E-state index in [1.54, 1.807) is 26.0 Å². The Morgan fingerprint density at radius 2 is 1.86 bits per heavy atom. The molecule has 0 fully saturated rings. The van der Waals surface area contributed by atoms with Gasteiger partial charge in [0.2, 0.25) is 0 Å². The van der Waals surface area contributed by atoms with Gasteiger partial charge in [0.1, 0.15) is 29.8 Å². The van der Waals surface area contributed by atoms with Crippen molar-refractivity contribution in [3.05, 3.63) is 81.4 Å². The lowest BCUT2D eigenvalue weighted by Crippen LogP contribution is -2.13. The van der Waals surface area contributed by atoms with Crippen molar-refractivity contribution >= 4 is 17.6 Å². The number of halogens is 4. The molecule has 0 saturated heterocycles. The summed E-state index contributed by atoms with van der Waals surface area (Å²) in [6, 6.07) is 6.77. The Balaban J connectivity index is 1.93. The molecule has 0 bridgehead atoms. The molecule has 0 aliphatic heterocycles. The van der Waals surface area contributed by atoms with Gasteiger partial charge in [-0.2, -0.15) is 5.10 Å². The fourth-order valence-corrected chi connectivity index (χ4v) is 3.13. The number of carbonyl (C=O) groups is 1. The minimum Gasteiger partial charge on any atom is -0.488 e. The summed E-state index contributed by atoms with van der Waals surface area (Å²) in [4.78, 5) is 11.2. The van der Waals surface area contributed by atoms with Crippen molar-refractivity contribution < 1.29 is 27.8 Å². The average molecular weight is 425 g/mol. The smallest absolute Gasteiger partial charge is 0.356 e. The number of benzene rings is 2. The maximum absolute atomic E-state index is 13.9. The van der Waals surface area contributed by atoms with Crippen LogP contribution < -0.4 is 4.74 Å². The van der Waals surface area contributed by atoms with Gasteiger partial charge in [-0.15, -0.1) is 0 Å². The molecular weight excluding hydrogens is 409 g/mol. The van der Waals surface area contributed by atoms with Crippen LogP contribution >= 0.6 is 11.6 Å². The molecule has 9 heteroatoms. The van der Waals surface area contributed by atoms with Crippen molar-refractivity contribution in [2.45, 2.75) is 26.5 Å². The molecule has 0 radical (unpaired) electrons. The molecule has 152 valence electrons. The Morgan fingerprint density at radius 1 is 1.21 bits per heavy atom. The summed E-state index contributed by atoms with van der Waals surface area (Å²) in [5.74, 6) is -4.02. The number of carboxylic acids is 1. The molecule has 3 aromatic rings. The third kappa shape index (κ3) is 4.37. The fourth-order valence-electron chi connectivity index (χ4n) is 2.95. The first-order valence-corrected chi connectivity index (χ1v) is 8.90. The van der Waals surface area contributed by atoms with Crippen LogP contribution in [0.1, 0.15) is 40.3 Å². The number of hydrogen-bond acceptors (Lipinski definition) is 3. The SMILES string of the molecule is Cc1cc(C(=O)O)nn1C(C)c1cc(Cl)ccc1OCc1c(F)cc(F)cc1F. The maximum atomic E-state index is 13.9. The van der Waals surface area contributed by atoms with Crippen molar-refractivity contribution in [2.75, 3.05) is 0 Å². The maximum Gasteiger partial charge on any atom is 0.356 e. The molecule has 0 amide bonds. The van der Waals surface area contributed by atoms with Gasteiger partial charge in [-0.05, 0) is 38.1 Å². The van der Waals surface area contributed by atoms with Gasteiger partial charge in [0.05, 0.1) is 11.6 Å². The van der Waals surface area contributed by atoms with Crippen molar-refractivity contribution in [3.63, 3.8) is 0 Å². The van der Waals surface area contributed by atoms with E-state index in [9.17, 15) is 18.0 Å². The Kier molecular flexibility index (Phi) is 5.83. The van der Waals surface area contributed by atoms with Gasteiger partial charge in [-0.3, -0.25) is 4.68 Å². The van der Waals surface area contributed by atoms with Crippen LogP contribution in [-0.4, -0.2) is 20.9 Å². The van der Waals surface area contributed by atoms with Crippen LogP contribution in [0.2, 0.25) is 5.02 Å². The Morgan fingerprint density at radius 3 is 2.45 bits per heavy atom. The van der Waals surface area contributed by atoms with Gasteiger partial charge in [0.25, 0.3) is 0 Å².